The molecule has 0 aliphatic rings. The second-order valence-electron chi connectivity index (χ2n) is 4.54. The molecule has 1 aromatic carbocycles. The zero-order valence-electron chi connectivity index (χ0n) is 9.91. The van der Waals surface area contributed by atoms with Crippen molar-refractivity contribution < 1.29 is 5.11 Å². The molecule has 0 aliphatic carbocycles. The molecule has 90 valence electrons. The van der Waals surface area contributed by atoms with Crippen LogP contribution in [0, 0.1) is 9.49 Å². The van der Waals surface area contributed by atoms with E-state index in [2.05, 4.69) is 66.0 Å². The normalized spacial score (nSPS) is 13.1. The van der Waals surface area contributed by atoms with Gasteiger partial charge in [-0.2, -0.15) is 0 Å². The molecule has 1 atom stereocenters. The fraction of sp³-hybridized carbons (Fsp3) is 0.538. The van der Waals surface area contributed by atoms with Gasteiger partial charge in [-0.25, -0.2) is 0 Å². The molecule has 3 heteroatoms. The molecule has 1 aromatic rings. The summed E-state index contributed by atoms with van der Waals surface area (Å²) in [7, 11) is 0. The maximum Gasteiger partial charge on any atom is 0.0704 e. The van der Waals surface area contributed by atoms with E-state index in [4.69, 9.17) is 0 Å². The highest BCUT2D eigenvalue weighted by molar-refractivity contribution is 14.1. The van der Waals surface area contributed by atoms with Crippen molar-refractivity contribution >= 4 is 22.6 Å². The summed E-state index contributed by atoms with van der Waals surface area (Å²) in [5.41, 5.74) is 1.19. The Labute approximate surface area is 112 Å². The molecule has 0 saturated carbocycles. The molecule has 0 aliphatic heterocycles. The Balaban J connectivity index is 2.28. The van der Waals surface area contributed by atoms with Crippen molar-refractivity contribution in [3.8, 4) is 0 Å². The van der Waals surface area contributed by atoms with Gasteiger partial charge in [0.2, 0.25) is 0 Å². The quantitative estimate of drug-likeness (QED) is 0.784. The molecule has 0 spiro atoms. The van der Waals surface area contributed by atoms with Gasteiger partial charge in [-0.1, -0.05) is 26.0 Å². The van der Waals surface area contributed by atoms with Crippen molar-refractivity contribution in [3.63, 3.8) is 0 Å². The van der Waals surface area contributed by atoms with Crippen LogP contribution in [-0.4, -0.2) is 24.3 Å². The average molecular weight is 333 g/mol. The molecule has 2 N–H and O–H groups in total. The second kappa shape index (κ2) is 7.25. The highest BCUT2D eigenvalue weighted by Crippen LogP contribution is 2.08. The lowest BCUT2D eigenvalue weighted by atomic mass is 10.1. The van der Waals surface area contributed by atoms with Gasteiger partial charge >= 0.3 is 0 Å². The van der Waals surface area contributed by atoms with Crippen molar-refractivity contribution in [1.29, 1.82) is 0 Å². The summed E-state index contributed by atoms with van der Waals surface area (Å²) >= 11 is 2.29. The van der Waals surface area contributed by atoms with Crippen LogP contribution < -0.4 is 5.32 Å². The number of benzene rings is 1. The van der Waals surface area contributed by atoms with E-state index in [-0.39, 0.29) is 6.10 Å². The van der Waals surface area contributed by atoms with Crippen LogP contribution >= 0.6 is 22.6 Å². The van der Waals surface area contributed by atoms with Gasteiger partial charge in [0.05, 0.1) is 6.10 Å². The van der Waals surface area contributed by atoms with Crippen molar-refractivity contribution in [3.05, 3.63) is 33.4 Å². The van der Waals surface area contributed by atoms with E-state index < -0.39 is 0 Å². The first-order chi connectivity index (χ1) is 7.58. The predicted octanol–water partition coefficient (Wildman–Crippen LogP) is 2.44. The molecule has 16 heavy (non-hydrogen) atoms. The highest BCUT2D eigenvalue weighted by Gasteiger charge is 2.05. The first-order valence-electron chi connectivity index (χ1n) is 5.71. The van der Waals surface area contributed by atoms with E-state index in [0.717, 1.165) is 13.0 Å². The summed E-state index contributed by atoms with van der Waals surface area (Å²) in [6, 6.07) is 8.30. The van der Waals surface area contributed by atoms with Crippen molar-refractivity contribution in [2.45, 2.75) is 26.4 Å². The maximum absolute atomic E-state index is 9.82. The molecule has 0 aromatic heterocycles. The van der Waals surface area contributed by atoms with E-state index in [0.29, 0.717) is 12.5 Å². The lowest BCUT2D eigenvalue weighted by Crippen LogP contribution is -2.30. The third kappa shape index (κ3) is 5.82. The van der Waals surface area contributed by atoms with Gasteiger partial charge in [-0.3, -0.25) is 0 Å². The molecular formula is C13H20INO. The number of hydrogen-bond acceptors (Lipinski definition) is 2. The fourth-order valence-corrected chi connectivity index (χ4v) is 1.86. The molecule has 2 nitrogen and oxygen atoms in total. The van der Waals surface area contributed by atoms with Gasteiger partial charge in [0.15, 0.2) is 0 Å². The lowest BCUT2D eigenvalue weighted by molar-refractivity contribution is 0.170. The molecule has 1 unspecified atom stereocenters. The van der Waals surface area contributed by atoms with Crippen LogP contribution in [0.15, 0.2) is 24.3 Å². The standard InChI is InChI=1S/C13H20INO/c1-10(2)8-15-9-13(16)7-11-3-5-12(14)6-4-11/h3-6,10,13,15-16H,7-9H2,1-2H3. The largest absolute Gasteiger partial charge is 0.391 e. The Hall–Kier alpha value is -0.130. The second-order valence-corrected chi connectivity index (χ2v) is 5.78. The number of hydrogen-bond donors (Lipinski definition) is 2. The Kier molecular flexibility index (Phi) is 6.31. The summed E-state index contributed by atoms with van der Waals surface area (Å²) in [6.07, 6.45) is 0.431. The van der Waals surface area contributed by atoms with Crippen LogP contribution in [0.2, 0.25) is 0 Å². The third-order valence-electron chi connectivity index (χ3n) is 2.32. The van der Waals surface area contributed by atoms with E-state index in [1.165, 1.54) is 9.13 Å². The fourth-order valence-electron chi connectivity index (χ4n) is 1.50. The van der Waals surface area contributed by atoms with Crippen molar-refractivity contribution in [2.75, 3.05) is 13.1 Å². The minimum atomic E-state index is -0.293. The summed E-state index contributed by atoms with van der Waals surface area (Å²) in [4.78, 5) is 0. The molecule has 0 amide bonds. The van der Waals surface area contributed by atoms with Crippen LogP contribution in [0.3, 0.4) is 0 Å². The van der Waals surface area contributed by atoms with Gasteiger partial charge < -0.3 is 10.4 Å². The predicted molar refractivity (Wildman–Crippen MR) is 76.6 cm³/mol. The van der Waals surface area contributed by atoms with Gasteiger partial charge in [0.25, 0.3) is 0 Å². The van der Waals surface area contributed by atoms with Gasteiger partial charge in [0, 0.05) is 10.1 Å². The van der Waals surface area contributed by atoms with Gasteiger partial charge in [-0.15, -0.1) is 0 Å². The molecule has 0 fully saturated rings. The van der Waals surface area contributed by atoms with Crippen LogP contribution in [0.25, 0.3) is 0 Å². The van der Waals surface area contributed by atoms with Crippen molar-refractivity contribution in [1.82, 2.24) is 5.32 Å². The third-order valence-corrected chi connectivity index (χ3v) is 3.04. The number of aliphatic hydroxyl groups excluding tert-OH is 1. The molecule has 0 bridgehead atoms. The number of aliphatic hydroxyl groups is 1. The Morgan fingerprint density at radius 1 is 1.19 bits per heavy atom. The van der Waals surface area contributed by atoms with Gasteiger partial charge in [0.1, 0.15) is 0 Å². The molecule has 0 radical (unpaired) electrons. The zero-order valence-corrected chi connectivity index (χ0v) is 12.1. The van der Waals surface area contributed by atoms with E-state index in [9.17, 15) is 5.11 Å². The summed E-state index contributed by atoms with van der Waals surface area (Å²) in [5, 5.41) is 13.1. The topological polar surface area (TPSA) is 32.3 Å². The molecule has 0 saturated heterocycles. The maximum atomic E-state index is 9.82. The molecule has 1 rings (SSSR count). The number of halogens is 1. The van der Waals surface area contributed by atoms with Gasteiger partial charge in [-0.05, 0) is 59.2 Å². The Morgan fingerprint density at radius 3 is 2.38 bits per heavy atom. The lowest BCUT2D eigenvalue weighted by Gasteiger charge is -2.13. The van der Waals surface area contributed by atoms with E-state index in [1.807, 2.05) is 0 Å². The zero-order chi connectivity index (χ0) is 12.0. The smallest absolute Gasteiger partial charge is 0.0704 e. The van der Waals surface area contributed by atoms with Crippen LogP contribution in [0.4, 0.5) is 0 Å². The monoisotopic (exact) mass is 333 g/mol. The van der Waals surface area contributed by atoms with E-state index >= 15 is 0 Å². The molecule has 0 heterocycles. The number of nitrogens with one attached hydrogen (secondary N) is 1. The number of rotatable bonds is 6. The minimum Gasteiger partial charge on any atom is -0.391 e. The summed E-state index contributed by atoms with van der Waals surface area (Å²) in [6.45, 7) is 5.96. The highest BCUT2D eigenvalue weighted by atomic mass is 127. The summed E-state index contributed by atoms with van der Waals surface area (Å²) < 4.78 is 1.23. The average Bonchev–Trinajstić information content (AvgIpc) is 2.21. The van der Waals surface area contributed by atoms with Crippen LogP contribution in [0.1, 0.15) is 19.4 Å². The summed E-state index contributed by atoms with van der Waals surface area (Å²) in [5.74, 6) is 0.630. The van der Waals surface area contributed by atoms with Crippen LogP contribution in [-0.2, 0) is 6.42 Å². The van der Waals surface area contributed by atoms with Crippen molar-refractivity contribution in [2.24, 2.45) is 5.92 Å². The Morgan fingerprint density at radius 2 is 1.81 bits per heavy atom. The molecular weight excluding hydrogens is 313 g/mol. The van der Waals surface area contributed by atoms with E-state index in [1.54, 1.807) is 0 Å². The first kappa shape index (κ1) is 13.9. The SMILES string of the molecule is CC(C)CNCC(O)Cc1ccc(I)cc1. The first-order valence-corrected chi connectivity index (χ1v) is 6.79. The minimum absolute atomic E-state index is 0.293. The Bertz CT molecular complexity index is 297. The van der Waals surface area contributed by atoms with Crippen LogP contribution in [0.5, 0.6) is 0 Å².